The molecule has 0 amide bonds. The Hall–Kier alpha value is -6.59. The molecular weight excluding hydrogens is 735 g/mol. The molecule has 10 rings (SSSR count). The van der Waals surface area contributed by atoms with Crippen LogP contribution in [-0.4, -0.2) is 25.4 Å². The maximum Gasteiger partial charge on any atom is 0.247 e. The van der Waals surface area contributed by atoms with E-state index in [2.05, 4.69) is 30.8 Å². The minimum atomic E-state index is -0.725. The van der Waals surface area contributed by atoms with E-state index in [1.165, 1.54) is 54.8 Å². The maximum atomic E-state index is 14.1. The van der Waals surface area contributed by atoms with Crippen LogP contribution in [-0.2, 0) is 23.7 Å². The average molecular weight is 766 g/mol. The van der Waals surface area contributed by atoms with E-state index in [1.807, 2.05) is 60.0 Å². The number of benzene rings is 4. The second-order valence-corrected chi connectivity index (χ2v) is 14.6. The molecule has 276 valence electrons. The first-order valence-corrected chi connectivity index (χ1v) is 18.8. The van der Waals surface area contributed by atoms with Crippen molar-refractivity contribution in [3.05, 3.63) is 207 Å². The first kappa shape index (κ1) is 35.1. The van der Waals surface area contributed by atoms with E-state index >= 15 is 0 Å². The summed E-state index contributed by atoms with van der Waals surface area (Å²) in [5.74, 6) is -0.867. The molecule has 0 spiro atoms. The molecule has 0 bridgehead atoms. The number of allylic oxidation sites excluding steroid dienone is 2. The summed E-state index contributed by atoms with van der Waals surface area (Å²) in [4.78, 5) is 4.16. The van der Waals surface area contributed by atoms with Crippen LogP contribution in [0.2, 0.25) is 0 Å². The first-order chi connectivity index (χ1) is 27.3. The monoisotopic (exact) mass is 765 g/mol. The van der Waals surface area contributed by atoms with Crippen LogP contribution in [0.25, 0.3) is 35.0 Å². The smallest absolute Gasteiger partial charge is 0.247 e. The van der Waals surface area contributed by atoms with E-state index in [0.717, 1.165) is 56.0 Å². The third-order valence-corrected chi connectivity index (χ3v) is 11.2. The van der Waals surface area contributed by atoms with Crippen LogP contribution < -0.4 is 0 Å². The van der Waals surface area contributed by atoms with Gasteiger partial charge in [-0.2, -0.15) is 21.5 Å². The fraction of sp³-hybridized carbons (Fsp3) is 0.0889. The summed E-state index contributed by atoms with van der Waals surface area (Å²) in [6.07, 6.45) is 12.0. The van der Waals surface area contributed by atoms with Crippen LogP contribution in [0.4, 0.5) is 17.6 Å². The zero-order chi connectivity index (χ0) is 38.3. The topological polar surface area (TPSA) is 83.4 Å². The minimum absolute atomic E-state index is 0.309. The van der Waals surface area contributed by atoms with Crippen LogP contribution in [0.5, 0.6) is 0 Å². The number of oxazole rings is 1. The normalized spacial score (nSPS) is 14.8. The quantitative estimate of drug-likeness (QED) is 0.165. The molecule has 0 atom stereocenters. The SMILES string of the molecule is Fc1cccc(C2(c3cccc(F)c3)C=Cc3c(-c4ccsc4)n[nH]c3C2)c1.Fc1cccc(C2(c3cccc(F)c3)C=Cc3c(-c4ncco4)n[nH]c3C2)c1. The highest BCUT2D eigenvalue weighted by molar-refractivity contribution is 7.08. The summed E-state index contributed by atoms with van der Waals surface area (Å²) in [6, 6.07) is 27.9. The number of halogens is 4. The van der Waals surface area contributed by atoms with Gasteiger partial charge in [-0.15, -0.1) is 0 Å². The van der Waals surface area contributed by atoms with Gasteiger partial charge in [-0.25, -0.2) is 22.5 Å². The molecule has 2 aliphatic carbocycles. The molecular formula is C45H31F4N5OS. The van der Waals surface area contributed by atoms with E-state index in [9.17, 15) is 17.6 Å². The summed E-state index contributed by atoms with van der Waals surface area (Å²) in [5, 5.41) is 19.1. The molecule has 4 aromatic carbocycles. The fourth-order valence-corrected chi connectivity index (χ4v) is 8.48. The lowest BCUT2D eigenvalue weighted by Crippen LogP contribution is -2.30. The summed E-state index contributed by atoms with van der Waals surface area (Å²) < 4.78 is 61.5. The van der Waals surface area contributed by atoms with Gasteiger partial charge < -0.3 is 4.42 Å². The van der Waals surface area contributed by atoms with Crippen LogP contribution in [0.1, 0.15) is 44.8 Å². The third kappa shape index (κ3) is 6.29. The van der Waals surface area contributed by atoms with Crippen molar-refractivity contribution in [2.24, 2.45) is 0 Å². The number of nitrogens with zero attached hydrogens (tertiary/aromatic N) is 3. The van der Waals surface area contributed by atoms with Gasteiger partial charge in [0, 0.05) is 57.1 Å². The Labute approximate surface area is 322 Å². The Balaban J connectivity index is 0.000000146. The van der Waals surface area contributed by atoms with Crippen molar-refractivity contribution >= 4 is 23.5 Å². The lowest BCUT2D eigenvalue weighted by atomic mass is 9.68. The molecule has 0 radical (unpaired) electrons. The minimum Gasteiger partial charge on any atom is -0.443 e. The van der Waals surface area contributed by atoms with Crippen LogP contribution in [0, 0.1) is 23.3 Å². The Morgan fingerprint density at radius 2 is 1.05 bits per heavy atom. The van der Waals surface area contributed by atoms with Crippen LogP contribution >= 0.6 is 11.3 Å². The summed E-state index contributed by atoms with van der Waals surface area (Å²) >= 11 is 1.62. The van der Waals surface area contributed by atoms with Crippen molar-refractivity contribution in [3.63, 3.8) is 0 Å². The zero-order valence-corrected chi connectivity index (χ0v) is 30.3. The molecule has 4 aromatic heterocycles. The molecule has 2 aliphatic rings. The second kappa shape index (κ2) is 14.2. The number of fused-ring (bicyclic) bond motifs is 2. The highest BCUT2D eigenvalue weighted by Crippen LogP contribution is 2.45. The molecule has 56 heavy (non-hydrogen) atoms. The van der Waals surface area contributed by atoms with Crippen molar-refractivity contribution in [1.82, 2.24) is 25.4 Å². The van der Waals surface area contributed by atoms with Crippen molar-refractivity contribution in [3.8, 4) is 22.8 Å². The van der Waals surface area contributed by atoms with Crippen molar-refractivity contribution in [1.29, 1.82) is 0 Å². The van der Waals surface area contributed by atoms with E-state index in [1.54, 1.807) is 41.8 Å². The predicted molar refractivity (Wildman–Crippen MR) is 209 cm³/mol. The van der Waals surface area contributed by atoms with Gasteiger partial charge in [0.05, 0.1) is 6.20 Å². The Morgan fingerprint density at radius 1 is 0.589 bits per heavy atom. The lowest BCUT2D eigenvalue weighted by molar-refractivity contribution is 0.571. The molecule has 0 saturated heterocycles. The first-order valence-electron chi connectivity index (χ1n) is 17.8. The fourth-order valence-electron chi connectivity index (χ4n) is 7.84. The maximum absolute atomic E-state index is 14.1. The van der Waals surface area contributed by atoms with Gasteiger partial charge in [0.1, 0.15) is 35.2 Å². The molecule has 6 nitrogen and oxygen atoms in total. The van der Waals surface area contributed by atoms with Gasteiger partial charge >= 0.3 is 0 Å². The molecule has 8 aromatic rings. The average Bonchev–Trinajstić information content (AvgIpc) is 4.05. The summed E-state index contributed by atoms with van der Waals surface area (Å²) in [6.45, 7) is 0. The number of hydrogen-bond acceptors (Lipinski definition) is 5. The molecule has 2 N–H and O–H groups in total. The lowest BCUT2D eigenvalue weighted by Gasteiger charge is -2.34. The van der Waals surface area contributed by atoms with E-state index < -0.39 is 10.8 Å². The van der Waals surface area contributed by atoms with Crippen LogP contribution in [0.15, 0.2) is 143 Å². The standard InChI is InChI=1S/C23H16F2N2S.C22H15F2N3O/c24-18-5-1-3-16(11-18)23(17-4-2-6-19(25)12-17)9-7-20-21(13-23)26-27-22(20)15-8-10-28-14-15;23-16-5-1-3-14(11-16)22(15-4-2-6-17(24)12-15)8-7-18-19(13-22)26-27-20(18)21-25-9-10-28-21/h1-12,14H,13H2,(H,26,27);1-12H,13H2,(H,26,27). The van der Waals surface area contributed by atoms with E-state index in [0.29, 0.717) is 24.4 Å². The number of aromatic nitrogens is 5. The number of thiophene rings is 1. The van der Waals surface area contributed by atoms with E-state index in [4.69, 9.17) is 4.42 Å². The van der Waals surface area contributed by atoms with Gasteiger partial charge in [-0.3, -0.25) is 10.2 Å². The van der Waals surface area contributed by atoms with Crippen LogP contribution in [0.3, 0.4) is 0 Å². The van der Waals surface area contributed by atoms with Gasteiger partial charge in [0.15, 0.2) is 5.69 Å². The number of hydrogen-bond donors (Lipinski definition) is 2. The van der Waals surface area contributed by atoms with Gasteiger partial charge in [-0.05, 0) is 82.2 Å². The number of H-pyrrole nitrogens is 2. The van der Waals surface area contributed by atoms with Crippen molar-refractivity contribution in [2.75, 3.05) is 0 Å². The Kier molecular flexibility index (Phi) is 8.93. The highest BCUT2D eigenvalue weighted by atomic mass is 32.1. The number of aromatic amines is 2. The zero-order valence-electron chi connectivity index (χ0n) is 29.5. The molecule has 0 unspecified atom stereocenters. The number of rotatable bonds is 6. The van der Waals surface area contributed by atoms with E-state index in [-0.39, 0.29) is 23.3 Å². The van der Waals surface area contributed by atoms with Gasteiger partial charge in [-0.1, -0.05) is 72.8 Å². The Bertz CT molecular complexity index is 2450. The largest absolute Gasteiger partial charge is 0.443 e. The van der Waals surface area contributed by atoms with Gasteiger partial charge in [0.25, 0.3) is 0 Å². The molecule has 0 saturated carbocycles. The summed E-state index contributed by atoms with van der Waals surface area (Å²) in [5.41, 5.74) is 7.94. The van der Waals surface area contributed by atoms with Crippen molar-refractivity contribution in [2.45, 2.75) is 23.7 Å². The second-order valence-electron chi connectivity index (χ2n) is 13.8. The molecule has 11 heteroatoms. The third-order valence-electron chi connectivity index (χ3n) is 10.5. The van der Waals surface area contributed by atoms with Gasteiger partial charge in [0.2, 0.25) is 5.89 Å². The number of nitrogens with one attached hydrogen (secondary N) is 2. The Morgan fingerprint density at radius 3 is 1.46 bits per heavy atom. The summed E-state index contributed by atoms with van der Waals surface area (Å²) in [7, 11) is 0. The molecule has 4 heterocycles. The highest BCUT2D eigenvalue weighted by Gasteiger charge is 2.39. The molecule has 0 fully saturated rings. The predicted octanol–water partition coefficient (Wildman–Crippen LogP) is 10.9. The van der Waals surface area contributed by atoms with Crippen molar-refractivity contribution < 1.29 is 22.0 Å². The molecule has 0 aliphatic heterocycles.